The number of hydrogen-bond acceptors (Lipinski definition) is 4. The first-order chi connectivity index (χ1) is 28.2. The minimum Gasteiger partial charge on any atom is -0.450 e. The van der Waals surface area contributed by atoms with Crippen molar-refractivity contribution in [1.82, 2.24) is 0 Å². The third-order valence-electron chi connectivity index (χ3n) is 12.3. The maximum Gasteiger partial charge on any atom is 0.345 e. The number of hydrogen-bond donors (Lipinski definition) is 1. The van der Waals surface area contributed by atoms with Gasteiger partial charge in [0.2, 0.25) is 17.4 Å². The van der Waals surface area contributed by atoms with E-state index >= 15 is 17.6 Å². The summed E-state index contributed by atoms with van der Waals surface area (Å²) in [5.74, 6) is -8.85. The van der Waals surface area contributed by atoms with Crippen molar-refractivity contribution in [2.75, 3.05) is 0 Å². The van der Waals surface area contributed by atoms with Crippen LogP contribution in [0.4, 0.5) is 17.6 Å². The molecule has 3 fully saturated rings. The second kappa shape index (κ2) is 17.9. The summed E-state index contributed by atoms with van der Waals surface area (Å²) in [4.78, 5) is 0.797. The molecule has 0 heterocycles. The van der Waals surface area contributed by atoms with Gasteiger partial charge < -0.3 is 8.92 Å². The van der Waals surface area contributed by atoms with Crippen LogP contribution in [0.25, 0.3) is 0 Å². The Bertz CT molecular complexity index is 2210. The highest BCUT2D eigenvalue weighted by atomic mass is 32.2. The first kappa shape index (κ1) is 40.5. The molecule has 5 aromatic rings. The van der Waals surface area contributed by atoms with E-state index in [0.29, 0.717) is 10.8 Å². The Balaban J connectivity index is 1.17. The summed E-state index contributed by atoms with van der Waals surface area (Å²) >= 11 is 0. The number of halogens is 4. The van der Waals surface area contributed by atoms with Crippen LogP contribution in [-0.4, -0.2) is 8.42 Å². The highest BCUT2D eigenvalue weighted by Crippen LogP contribution is 2.53. The van der Waals surface area contributed by atoms with Gasteiger partial charge in [-0.1, -0.05) is 112 Å². The molecule has 8 rings (SSSR count). The van der Waals surface area contributed by atoms with E-state index in [4.69, 9.17) is 8.92 Å². The summed E-state index contributed by atoms with van der Waals surface area (Å²) in [6.45, 7) is 0. The lowest BCUT2D eigenvalue weighted by molar-refractivity contribution is 0.335. The highest BCUT2D eigenvalue weighted by Gasteiger charge is 2.38. The molecule has 0 spiro atoms. The van der Waals surface area contributed by atoms with E-state index in [9.17, 15) is 8.42 Å². The number of ether oxygens (including phenoxy) is 1. The van der Waals surface area contributed by atoms with E-state index in [-0.39, 0.29) is 23.3 Å². The van der Waals surface area contributed by atoms with Crippen LogP contribution in [0.1, 0.15) is 131 Å². The zero-order valence-corrected chi connectivity index (χ0v) is 34.3. The van der Waals surface area contributed by atoms with Crippen LogP contribution in [0.15, 0.2) is 117 Å². The Hall–Kier alpha value is -4.28. The third kappa shape index (κ3) is 8.55. The van der Waals surface area contributed by atoms with Gasteiger partial charge in [0.15, 0.2) is 16.5 Å². The Morgan fingerprint density at radius 2 is 0.931 bits per heavy atom. The molecule has 3 aliphatic rings. The second-order valence-electron chi connectivity index (χ2n) is 16.1. The lowest BCUT2D eigenvalue weighted by Crippen LogP contribution is -2.18. The zero-order chi connectivity index (χ0) is 40.2. The molecule has 0 amide bonds. The molecule has 5 aromatic carbocycles. The van der Waals surface area contributed by atoms with E-state index in [1.807, 2.05) is 66.7 Å². The molecule has 3 saturated carbocycles. The van der Waals surface area contributed by atoms with Crippen molar-refractivity contribution in [1.29, 1.82) is 0 Å². The fourth-order valence-electron chi connectivity index (χ4n) is 9.37. The molecular weight excluding hydrogens is 781 g/mol. The van der Waals surface area contributed by atoms with Gasteiger partial charge in [0, 0.05) is 0 Å². The average Bonchev–Trinajstić information content (AvgIpc) is 3.26. The fraction of sp³-hybridized carbons (Fsp3) is 0.375. The molecule has 0 unspecified atom stereocenters. The van der Waals surface area contributed by atoms with Gasteiger partial charge in [-0.25, -0.2) is 8.78 Å². The van der Waals surface area contributed by atoms with Gasteiger partial charge in [0.1, 0.15) is 11.5 Å². The fourth-order valence-corrected chi connectivity index (χ4v) is 12.8. The van der Waals surface area contributed by atoms with E-state index in [0.717, 1.165) is 111 Å². The summed E-state index contributed by atoms with van der Waals surface area (Å²) in [6.07, 6.45) is 15.3. The minimum absolute atomic E-state index is 0.0593. The molecule has 0 aromatic heterocycles. The molecule has 0 aliphatic heterocycles. The quantitative estimate of drug-likeness (QED) is 0.0623. The molecule has 58 heavy (non-hydrogen) atoms. The molecule has 0 N–H and O–H groups in total. The van der Waals surface area contributed by atoms with Crippen molar-refractivity contribution in [2.24, 2.45) is 0 Å². The Kier molecular flexibility index (Phi) is 12.5. The minimum atomic E-state index is -5.43. The summed E-state index contributed by atoms with van der Waals surface area (Å²) in [5, 5.41) is 0. The topological polar surface area (TPSA) is 52.6 Å². The molecule has 0 radical (unpaired) electrons. The summed E-state index contributed by atoms with van der Waals surface area (Å²) in [6, 6.07) is 29.7. The van der Waals surface area contributed by atoms with Crippen LogP contribution in [0.3, 0.4) is 0 Å². The van der Waals surface area contributed by atoms with Crippen LogP contribution in [-0.2, 0) is 10.1 Å². The van der Waals surface area contributed by atoms with Gasteiger partial charge in [-0.2, -0.15) is 28.1 Å². The van der Waals surface area contributed by atoms with Gasteiger partial charge in [-0.05, 0) is 130 Å². The van der Waals surface area contributed by atoms with E-state index < -0.39 is 54.9 Å². The number of thiol groups is 1. The van der Waals surface area contributed by atoms with Crippen molar-refractivity contribution in [2.45, 2.75) is 134 Å². The van der Waals surface area contributed by atoms with E-state index in [1.54, 1.807) is 6.07 Å². The van der Waals surface area contributed by atoms with Crippen molar-refractivity contribution in [3.63, 3.8) is 0 Å². The molecule has 0 saturated heterocycles. The Morgan fingerprint density at radius 1 is 0.483 bits per heavy atom. The van der Waals surface area contributed by atoms with Crippen LogP contribution < -0.4 is 8.92 Å². The molecule has 0 atom stereocenters. The van der Waals surface area contributed by atoms with Gasteiger partial charge in [0.25, 0.3) is 0 Å². The zero-order valence-electron chi connectivity index (χ0n) is 32.6. The molecule has 0 bridgehead atoms. The monoisotopic (exact) mass is 830 g/mol. The average molecular weight is 831 g/mol. The van der Waals surface area contributed by atoms with Crippen LogP contribution in [0, 0.1) is 23.3 Å². The summed E-state index contributed by atoms with van der Waals surface area (Å²) < 4.78 is 104. The summed E-state index contributed by atoms with van der Waals surface area (Å²) in [7, 11) is -6.62. The maximum absolute atomic E-state index is 16.3. The molecular formula is C48H50F4O4S2. The van der Waals surface area contributed by atoms with Crippen LogP contribution in [0.2, 0.25) is 0 Å². The van der Waals surface area contributed by atoms with Crippen molar-refractivity contribution >= 4 is 21.0 Å². The predicted octanol–water partition coefficient (Wildman–Crippen LogP) is 14.4. The molecule has 10 heteroatoms. The Morgan fingerprint density at radius 3 is 1.41 bits per heavy atom. The van der Waals surface area contributed by atoms with Gasteiger partial charge >= 0.3 is 10.1 Å². The normalized spacial score (nSPS) is 17.6. The van der Waals surface area contributed by atoms with E-state index in [2.05, 4.69) is 12.1 Å². The smallest absolute Gasteiger partial charge is 0.345 e. The second-order valence-corrected chi connectivity index (χ2v) is 19.8. The molecule has 3 aliphatic carbocycles. The van der Waals surface area contributed by atoms with Crippen molar-refractivity contribution < 1.29 is 34.9 Å². The van der Waals surface area contributed by atoms with Gasteiger partial charge in [-0.3, -0.25) is 0 Å². The first-order valence-electron chi connectivity index (χ1n) is 20.9. The largest absolute Gasteiger partial charge is 0.450 e. The third-order valence-corrected chi connectivity index (χ3v) is 16.0. The van der Waals surface area contributed by atoms with Crippen LogP contribution >= 0.6 is 10.9 Å². The standard InChI is InChI=1S/C48H50F4O4S2/c49-42-44(51)48(58(53,54)56-36-23-16-28-39(31-36)57(37-24-12-4-13-25-37)38-26-14-5-15-27-38)45(52)43(50)47(42)55-46-40(33-19-8-2-9-20-33)29-35(32-17-6-1-7-18-32)30-41(46)34-21-10-3-11-22-34/h4-5,12-16,23-34,57H,1-3,6-11,17-22H2. The number of benzene rings is 5. The van der Waals surface area contributed by atoms with Gasteiger partial charge in [-0.15, -0.1) is 0 Å². The SMILES string of the molecule is O=S(=O)(Oc1cccc([SH](c2ccccc2)c2ccccc2)c1)c1c(F)c(F)c(Oc2c(C3CCCCC3)cc(C3CCCCC3)cc2C2CCCCC2)c(F)c1F. The molecule has 306 valence electrons. The number of rotatable bonds is 11. The Labute approximate surface area is 342 Å². The van der Waals surface area contributed by atoms with Crippen molar-refractivity contribution in [3.05, 3.63) is 137 Å². The van der Waals surface area contributed by atoms with Crippen molar-refractivity contribution in [3.8, 4) is 17.2 Å². The van der Waals surface area contributed by atoms with Crippen LogP contribution in [0.5, 0.6) is 17.2 Å². The maximum atomic E-state index is 16.3. The predicted molar refractivity (Wildman–Crippen MR) is 221 cm³/mol. The first-order valence-corrected chi connectivity index (χ1v) is 23.6. The van der Waals surface area contributed by atoms with E-state index in [1.165, 1.54) is 24.1 Å². The molecule has 4 nitrogen and oxygen atoms in total. The van der Waals surface area contributed by atoms with Gasteiger partial charge in [0.05, 0.1) is 0 Å². The summed E-state index contributed by atoms with van der Waals surface area (Å²) in [5.41, 5.74) is 2.86. The lowest BCUT2D eigenvalue weighted by Gasteiger charge is -2.32. The lowest BCUT2D eigenvalue weighted by atomic mass is 9.75. The highest BCUT2D eigenvalue weighted by molar-refractivity contribution is 8.17.